The Kier molecular flexibility index (Phi) is 12.9. The number of esters is 1. The molecule has 43 heavy (non-hydrogen) atoms. The molecule has 2 aliphatic rings. The fourth-order valence-electron chi connectivity index (χ4n) is 5.14. The first kappa shape index (κ1) is 34.0. The molecule has 0 saturated heterocycles. The van der Waals surface area contributed by atoms with Gasteiger partial charge in [-0.05, 0) is 55.2 Å². The summed E-state index contributed by atoms with van der Waals surface area (Å²) < 4.78 is 38.6. The van der Waals surface area contributed by atoms with Crippen LogP contribution in [-0.2, 0) is 24.4 Å². The van der Waals surface area contributed by atoms with Crippen molar-refractivity contribution in [3.63, 3.8) is 0 Å². The predicted octanol–water partition coefficient (Wildman–Crippen LogP) is 5.44. The van der Waals surface area contributed by atoms with Gasteiger partial charge in [0.15, 0.2) is 5.71 Å². The zero-order valence-corrected chi connectivity index (χ0v) is 26.4. The first-order valence-corrected chi connectivity index (χ1v) is 16.9. The zero-order chi connectivity index (χ0) is 31.4. The van der Waals surface area contributed by atoms with Gasteiger partial charge in [0, 0.05) is 43.8 Å². The van der Waals surface area contributed by atoms with Crippen LogP contribution in [0.15, 0.2) is 65.5 Å². The van der Waals surface area contributed by atoms with Gasteiger partial charge >= 0.3 is 5.97 Å². The molecule has 0 aromatic heterocycles. The minimum atomic E-state index is -4.01. The zero-order valence-electron chi connectivity index (χ0n) is 25.5. The third-order valence-corrected chi connectivity index (χ3v) is 8.28. The van der Waals surface area contributed by atoms with Crippen molar-refractivity contribution in [3.8, 4) is 0 Å². The lowest BCUT2D eigenvalue weighted by Crippen LogP contribution is -2.27. The third-order valence-electron chi connectivity index (χ3n) is 7.48. The average Bonchev–Trinajstić information content (AvgIpc) is 2.97. The molecule has 10 heteroatoms. The van der Waals surface area contributed by atoms with E-state index in [1.165, 1.54) is 0 Å². The first-order chi connectivity index (χ1) is 20.6. The number of anilines is 1. The molecule has 0 unspecified atom stereocenters. The van der Waals surface area contributed by atoms with Crippen molar-refractivity contribution in [1.29, 1.82) is 0 Å². The Morgan fingerprint density at radius 2 is 1.51 bits per heavy atom. The summed E-state index contributed by atoms with van der Waals surface area (Å²) in [5.41, 5.74) is 3.72. The van der Waals surface area contributed by atoms with Crippen LogP contribution in [0.5, 0.6) is 0 Å². The lowest BCUT2D eigenvalue weighted by atomic mass is 9.80. The number of allylic oxidation sites excluding steroid dienone is 7. The summed E-state index contributed by atoms with van der Waals surface area (Å²) in [7, 11) is -4.01. The standard InChI is InChI=1S/C33H44N2O7S/c1-4-7-20-34(22-9-11-29(36)42-6-3)27-16-12-25(13-17-27)30-32(37)31(33(30)38)26-14-18-28(19-15-26)35(21-8-5-2)23-10-24-43(39,40)41/h12-19H,4-11,20-24H2,1-3H3,(H-,37,38,39,40,41)/p+1. The van der Waals surface area contributed by atoms with Crippen LogP contribution < -0.4 is 4.90 Å². The molecule has 3 rings (SSSR count). The van der Waals surface area contributed by atoms with Crippen LogP contribution in [0.3, 0.4) is 0 Å². The number of nitrogens with zero attached hydrogens (tertiary/aromatic N) is 2. The van der Waals surface area contributed by atoms with Gasteiger partial charge in [-0.25, -0.2) is 4.58 Å². The van der Waals surface area contributed by atoms with E-state index in [-0.39, 0.29) is 28.8 Å². The van der Waals surface area contributed by atoms with Crippen LogP contribution in [0.25, 0.3) is 5.57 Å². The van der Waals surface area contributed by atoms with Crippen molar-refractivity contribution in [2.45, 2.75) is 65.7 Å². The quantitative estimate of drug-likeness (QED) is 0.103. The molecule has 0 spiro atoms. The number of aliphatic hydroxyl groups excluding tert-OH is 1. The molecule has 1 aromatic carbocycles. The number of benzene rings is 1. The van der Waals surface area contributed by atoms with Crippen molar-refractivity contribution >= 4 is 38.8 Å². The highest BCUT2D eigenvalue weighted by atomic mass is 32.2. The molecule has 9 nitrogen and oxygen atoms in total. The third kappa shape index (κ3) is 9.76. The van der Waals surface area contributed by atoms with Crippen LogP contribution in [0.1, 0.15) is 71.3 Å². The largest absolute Gasteiger partial charge is 0.506 e. The minimum Gasteiger partial charge on any atom is -0.506 e. The van der Waals surface area contributed by atoms with Crippen LogP contribution in [0.4, 0.5) is 5.69 Å². The molecule has 234 valence electrons. The Morgan fingerprint density at radius 3 is 2.09 bits per heavy atom. The van der Waals surface area contributed by atoms with E-state index in [4.69, 9.17) is 9.29 Å². The van der Waals surface area contributed by atoms with Gasteiger partial charge in [-0.2, -0.15) is 8.42 Å². The Balaban J connectivity index is 1.75. The highest BCUT2D eigenvalue weighted by Crippen LogP contribution is 2.39. The van der Waals surface area contributed by atoms with Crippen molar-refractivity contribution in [1.82, 2.24) is 0 Å². The molecule has 0 saturated carbocycles. The SMILES string of the molecule is CCCCN(CCCS(=O)(=O)O)c1ccc(C2=C(O)C(=C3C=CC(=[N+](CCCC)CCCC(=O)OCC)C=C3)C2=O)cc1. The second-order valence-electron chi connectivity index (χ2n) is 10.8. The Morgan fingerprint density at radius 1 is 0.884 bits per heavy atom. The monoisotopic (exact) mass is 613 g/mol. The van der Waals surface area contributed by atoms with Crippen LogP contribution in [0, 0.1) is 0 Å². The fraction of sp³-hybridized carbons (Fsp3) is 0.485. The number of carbonyl (C=O) groups is 2. The molecule has 2 N–H and O–H groups in total. The molecular formula is C33H45N2O7S+. The lowest BCUT2D eigenvalue weighted by molar-refractivity contribution is -0.527. The Labute approximate surface area is 255 Å². The van der Waals surface area contributed by atoms with E-state index in [0.717, 1.165) is 56.7 Å². The van der Waals surface area contributed by atoms with Gasteiger partial charge in [0.05, 0.1) is 29.9 Å². The number of hydrogen-bond donors (Lipinski definition) is 2. The number of Topliss-reactive ketones (excluding diaryl/α,β-unsaturated/α-hetero) is 1. The Bertz CT molecular complexity index is 1400. The number of hydrogen-bond acceptors (Lipinski definition) is 7. The molecule has 0 fully saturated rings. The number of ketones is 1. The molecule has 0 heterocycles. The van der Waals surface area contributed by atoms with Gasteiger partial charge in [0.25, 0.3) is 10.1 Å². The van der Waals surface area contributed by atoms with Gasteiger partial charge in [0.1, 0.15) is 18.8 Å². The molecule has 2 aliphatic carbocycles. The smallest absolute Gasteiger partial charge is 0.306 e. The van der Waals surface area contributed by atoms with Crippen LogP contribution >= 0.6 is 0 Å². The van der Waals surface area contributed by atoms with E-state index >= 15 is 0 Å². The van der Waals surface area contributed by atoms with Crippen molar-refractivity contribution < 1.29 is 37.0 Å². The summed E-state index contributed by atoms with van der Waals surface area (Å²) in [4.78, 5) is 27.0. The van der Waals surface area contributed by atoms with Gasteiger partial charge in [0.2, 0.25) is 5.78 Å². The van der Waals surface area contributed by atoms with Crippen molar-refractivity contribution in [2.24, 2.45) is 0 Å². The number of aliphatic hydroxyl groups is 1. The van der Waals surface area contributed by atoms with E-state index in [1.807, 2.05) is 36.4 Å². The first-order valence-electron chi connectivity index (χ1n) is 15.3. The second-order valence-corrected chi connectivity index (χ2v) is 12.3. The molecule has 0 bridgehead atoms. The highest BCUT2D eigenvalue weighted by Gasteiger charge is 2.36. The average molecular weight is 614 g/mol. The maximum Gasteiger partial charge on any atom is 0.306 e. The topological polar surface area (TPSA) is 124 Å². The summed E-state index contributed by atoms with van der Waals surface area (Å²) in [5, 5.41) is 10.9. The molecule has 0 aliphatic heterocycles. The molecule has 0 radical (unpaired) electrons. The summed E-state index contributed by atoms with van der Waals surface area (Å²) >= 11 is 0. The van der Waals surface area contributed by atoms with Gasteiger partial charge in [-0.15, -0.1) is 0 Å². The van der Waals surface area contributed by atoms with Gasteiger partial charge in [-0.3, -0.25) is 14.1 Å². The summed E-state index contributed by atoms with van der Waals surface area (Å²) in [6.07, 6.45) is 12.9. The highest BCUT2D eigenvalue weighted by molar-refractivity contribution is 7.85. The van der Waals surface area contributed by atoms with E-state index in [1.54, 1.807) is 19.1 Å². The van der Waals surface area contributed by atoms with E-state index in [9.17, 15) is 23.1 Å². The fourth-order valence-corrected chi connectivity index (χ4v) is 5.63. The molecular weight excluding hydrogens is 568 g/mol. The Hall–Kier alpha value is -3.50. The van der Waals surface area contributed by atoms with E-state index in [2.05, 4.69) is 23.3 Å². The maximum atomic E-state index is 13.2. The van der Waals surface area contributed by atoms with Crippen LogP contribution in [-0.4, -0.2) is 78.7 Å². The second kappa shape index (κ2) is 16.4. The normalized spacial score (nSPS) is 14.8. The number of ether oxygens (including phenoxy) is 1. The summed E-state index contributed by atoms with van der Waals surface area (Å²) in [5.74, 6) is -0.732. The predicted molar refractivity (Wildman–Crippen MR) is 170 cm³/mol. The van der Waals surface area contributed by atoms with E-state index < -0.39 is 10.1 Å². The molecule has 1 aromatic rings. The maximum absolute atomic E-state index is 13.2. The summed E-state index contributed by atoms with van der Waals surface area (Å²) in [6.45, 7) is 9.18. The van der Waals surface area contributed by atoms with Gasteiger partial charge in [-0.1, -0.05) is 38.8 Å². The van der Waals surface area contributed by atoms with Gasteiger partial charge < -0.3 is 14.7 Å². The number of unbranched alkanes of at least 4 members (excludes halogenated alkanes) is 2. The van der Waals surface area contributed by atoms with Crippen molar-refractivity contribution in [2.75, 3.05) is 43.4 Å². The summed E-state index contributed by atoms with van der Waals surface area (Å²) in [6, 6.07) is 7.32. The number of rotatable bonds is 17. The van der Waals surface area contributed by atoms with Crippen molar-refractivity contribution in [3.05, 3.63) is 71.0 Å². The molecule has 0 atom stereocenters. The van der Waals surface area contributed by atoms with Crippen LogP contribution in [0.2, 0.25) is 0 Å². The number of carbonyl (C=O) groups excluding carboxylic acids is 2. The molecule has 0 amide bonds. The van der Waals surface area contributed by atoms with E-state index in [0.29, 0.717) is 49.1 Å². The minimum absolute atomic E-state index is 0.0289. The lowest BCUT2D eigenvalue weighted by Gasteiger charge is -2.26.